The molecule has 0 atom stereocenters. The Morgan fingerprint density at radius 1 is 0.791 bits per heavy atom. The van der Waals surface area contributed by atoms with Crippen molar-refractivity contribution in [3.63, 3.8) is 0 Å². The summed E-state index contributed by atoms with van der Waals surface area (Å²) >= 11 is 0. The van der Waals surface area contributed by atoms with Gasteiger partial charge in [0.25, 0.3) is 0 Å². The van der Waals surface area contributed by atoms with E-state index in [-0.39, 0.29) is 11.8 Å². The lowest BCUT2D eigenvalue weighted by atomic mass is 10.0. The lowest BCUT2D eigenvalue weighted by Crippen LogP contribution is -2.50. The fraction of sp³-hybridized carbons (Fsp3) is 0.200. The fourth-order valence-corrected chi connectivity index (χ4v) is 5.29. The molecule has 0 aliphatic carbocycles. The second-order valence-corrected chi connectivity index (χ2v) is 10.8. The molecule has 0 radical (unpaired) electrons. The lowest BCUT2D eigenvalue weighted by Gasteiger charge is -2.35. The number of hydrogen-bond donors (Lipinski definition) is 1. The number of carbonyl (C=O) groups is 2. The summed E-state index contributed by atoms with van der Waals surface area (Å²) in [6.07, 6.45) is 2.17. The summed E-state index contributed by atoms with van der Waals surface area (Å²) in [5.41, 5.74) is 6.39. The third kappa shape index (κ3) is 6.88. The van der Waals surface area contributed by atoms with Gasteiger partial charge in [0.05, 0.1) is 30.2 Å². The van der Waals surface area contributed by atoms with Crippen LogP contribution in [0.2, 0.25) is 0 Å². The maximum atomic E-state index is 12.8. The Labute approximate surface area is 251 Å². The number of para-hydroxylation sites is 1. The summed E-state index contributed by atoms with van der Waals surface area (Å²) in [4.78, 5) is 41.0. The molecular formula is C35H34N6O2. The average molecular weight is 571 g/mol. The largest absolute Gasteiger partial charge is 0.353 e. The minimum absolute atomic E-state index is 0.0422. The molecular weight excluding hydrogens is 536 g/mol. The van der Waals surface area contributed by atoms with Crippen LogP contribution >= 0.6 is 0 Å². The molecule has 2 amide bonds. The van der Waals surface area contributed by atoms with Gasteiger partial charge in [-0.15, -0.1) is 0 Å². The third-order valence-corrected chi connectivity index (χ3v) is 7.81. The Hall–Kier alpha value is -5.08. The number of nitrogens with one attached hydrogen (secondary N) is 1. The minimum Gasteiger partial charge on any atom is -0.353 e. The van der Waals surface area contributed by atoms with Crippen molar-refractivity contribution in [3.05, 3.63) is 115 Å². The van der Waals surface area contributed by atoms with Gasteiger partial charge in [-0.25, -0.2) is 4.98 Å². The molecule has 6 rings (SSSR count). The zero-order valence-electron chi connectivity index (χ0n) is 24.2. The van der Waals surface area contributed by atoms with Gasteiger partial charge in [-0.1, -0.05) is 66.7 Å². The number of piperazine rings is 1. The fourth-order valence-electron chi connectivity index (χ4n) is 5.29. The summed E-state index contributed by atoms with van der Waals surface area (Å²) in [6.45, 7) is 3.51. The molecule has 216 valence electrons. The molecule has 2 heterocycles. The first-order valence-electron chi connectivity index (χ1n) is 14.5. The van der Waals surface area contributed by atoms with Crippen molar-refractivity contribution in [2.45, 2.75) is 6.42 Å². The van der Waals surface area contributed by atoms with E-state index >= 15 is 0 Å². The Morgan fingerprint density at radius 2 is 1.47 bits per heavy atom. The number of likely N-dealkylation sites (N-methyl/N-ethyl adjacent to an activating group) is 1. The van der Waals surface area contributed by atoms with Crippen LogP contribution in [0.25, 0.3) is 22.2 Å². The molecule has 1 aliphatic heterocycles. The first-order valence-corrected chi connectivity index (χ1v) is 14.5. The van der Waals surface area contributed by atoms with Gasteiger partial charge >= 0.3 is 0 Å². The summed E-state index contributed by atoms with van der Waals surface area (Å²) in [5, 5.41) is 2.98. The number of benzene rings is 4. The Bertz CT molecular complexity index is 1700. The number of fused-ring (bicyclic) bond motifs is 1. The van der Waals surface area contributed by atoms with Crippen LogP contribution in [0.5, 0.6) is 0 Å². The summed E-state index contributed by atoms with van der Waals surface area (Å²) < 4.78 is 0. The summed E-state index contributed by atoms with van der Waals surface area (Å²) in [5.74, 6) is 0.883. The van der Waals surface area contributed by atoms with Gasteiger partial charge in [0.1, 0.15) is 5.82 Å². The Kier molecular flexibility index (Phi) is 8.38. The van der Waals surface area contributed by atoms with E-state index in [0.29, 0.717) is 13.0 Å². The van der Waals surface area contributed by atoms with E-state index in [9.17, 15) is 9.59 Å². The number of rotatable bonds is 8. The lowest BCUT2D eigenvalue weighted by molar-refractivity contribution is -0.119. The molecule has 4 aromatic carbocycles. The zero-order valence-corrected chi connectivity index (χ0v) is 24.2. The number of carbonyl (C=O) groups excluding carboxylic acids is 2. The second kappa shape index (κ2) is 12.8. The van der Waals surface area contributed by atoms with Crippen molar-refractivity contribution in [2.24, 2.45) is 0 Å². The third-order valence-electron chi connectivity index (χ3n) is 7.81. The van der Waals surface area contributed by atoms with Gasteiger partial charge in [-0.2, -0.15) is 0 Å². The van der Waals surface area contributed by atoms with Gasteiger partial charge in [0.15, 0.2) is 0 Å². The van der Waals surface area contributed by atoms with Crippen LogP contribution in [0.1, 0.15) is 5.56 Å². The van der Waals surface area contributed by atoms with Gasteiger partial charge in [-0.05, 0) is 53.1 Å². The van der Waals surface area contributed by atoms with E-state index in [1.54, 1.807) is 4.90 Å². The highest BCUT2D eigenvalue weighted by atomic mass is 16.2. The van der Waals surface area contributed by atoms with E-state index in [0.717, 1.165) is 71.1 Å². The summed E-state index contributed by atoms with van der Waals surface area (Å²) in [6, 6.07) is 33.4. The number of anilines is 3. The Morgan fingerprint density at radius 3 is 2.19 bits per heavy atom. The van der Waals surface area contributed by atoms with E-state index in [4.69, 9.17) is 4.98 Å². The van der Waals surface area contributed by atoms with Crippen LogP contribution in [0, 0.1) is 0 Å². The molecule has 0 bridgehead atoms. The van der Waals surface area contributed by atoms with E-state index in [1.807, 2.05) is 110 Å². The molecule has 1 fully saturated rings. The predicted molar refractivity (Wildman–Crippen MR) is 172 cm³/mol. The van der Waals surface area contributed by atoms with Crippen LogP contribution in [0.4, 0.5) is 17.2 Å². The van der Waals surface area contributed by atoms with E-state index < -0.39 is 0 Å². The smallest absolute Gasteiger partial charge is 0.240 e. The summed E-state index contributed by atoms with van der Waals surface area (Å²) in [7, 11) is 1.83. The van der Waals surface area contributed by atoms with Crippen molar-refractivity contribution in [2.75, 3.05) is 54.9 Å². The number of hydrogen-bond acceptors (Lipinski definition) is 6. The minimum atomic E-state index is -0.0422. The van der Waals surface area contributed by atoms with Crippen molar-refractivity contribution >= 4 is 40.0 Å². The monoisotopic (exact) mass is 570 g/mol. The maximum absolute atomic E-state index is 12.8. The van der Waals surface area contributed by atoms with Gasteiger partial charge in [0.2, 0.25) is 11.8 Å². The van der Waals surface area contributed by atoms with Crippen molar-refractivity contribution in [1.82, 2.24) is 14.9 Å². The number of aromatic nitrogens is 2. The predicted octanol–water partition coefficient (Wildman–Crippen LogP) is 5.26. The molecule has 43 heavy (non-hydrogen) atoms. The van der Waals surface area contributed by atoms with Crippen LogP contribution < -0.4 is 15.1 Å². The highest BCUT2D eigenvalue weighted by Crippen LogP contribution is 2.26. The molecule has 0 unspecified atom stereocenters. The molecule has 0 saturated carbocycles. The van der Waals surface area contributed by atoms with Crippen molar-refractivity contribution in [1.29, 1.82) is 0 Å². The zero-order chi connectivity index (χ0) is 29.6. The number of amides is 2. The van der Waals surface area contributed by atoms with Crippen molar-refractivity contribution in [3.8, 4) is 11.1 Å². The molecule has 1 aliphatic rings. The Balaban J connectivity index is 1.07. The molecule has 5 aromatic rings. The van der Waals surface area contributed by atoms with Crippen LogP contribution in [-0.2, 0) is 16.0 Å². The molecule has 0 spiro atoms. The van der Waals surface area contributed by atoms with Crippen LogP contribution in [0.15, 0.2) is 109 Å². The average Bonchev–Trinajstić information content (AvgIpc) is 3.05. The van der Waals surface area contributed by atoms with Crippen molar-refractivity contribution < 1.29 is 9.59 Å². The van der Waals surface area contributed by atoms with Crippen LogP contribution in [-0.4, -0.2) is 66.5 Å². The van der Waals surface area contributed by atoms with Gasteiger partial charge in [0, 0.05) is 44.6 Å². The maximum Gasteiger partial charge on any atom is 0.240 e. The first-order chi connectivity index (χ1) is 21.0. The SMILES string of the molecule is CN(C(=O)CN1CCN(c2cnc3ccc(-c4ccc(NC(=O)Cc5ccccc5)cc4)cc3n2)CC1)c1ccccc1. The van der Waals surface area contributed by atoms with Crippen LogP contribution in [0.3, 0.4) is 0 Å². The normalized spacial score (nSPS) is 13.6. The van der Waals surface area contributed by atoms with Gasteiger partial charge in [-0.3, -0.25) is 19.5 Å². The quantitative estimate of drug-likeness (QED) is 0.274. The molecule has 1 aromatic heterocycles. The van der Waals surface area contributed by atoms with Gasteiger partial charge < -0.3 is 15.1 Å². The highest BCUT2D eigenvalue weighted by Gasteiger charge is 2.22. The van der Waals surface area contributed by atoms with E-state index in [2.05, 4.69) is 26.2 Å². The standard InChI is InChI=1S/C35H34N6O2/c1-39(30-10-6-3-7-11-30)35(43)25-40-18-20-41(21-19-40)33-24-36-31-17-14-28(23-32(31)38-33)27-12-15-29(16-13-27)37-34(42)22-26-8-4-2-5-9-26/h2-17,23-24H,18-22,25H2,1H3,(H,37,42). The number of nitrogens with zero attached hydrogens (tertiary/aromatic N) is 5. The second-order valence-electron chi connectivity index (χ2n) is 10.8. The molecule has 1 N–H and O–H groups in total. The van der Waals surface area contributed by atoms with E-state index in [1.165, 1.54) is 0 Å². The topological polar surface area (TPSA) is 81.7 Å². The molecule has 8 nitrogen and oxygen atoms in total. The first kappa shape index (κ1) is 28.1. The highest BCUT2D eigenvalue weighted by molar-refractivity contribution is 5.94. The molecule has 1 saturated heterocycles. The molecule has 8 heteroatoms.